The molecule has 0 fully saturated rings. The number of hydrogen-bond acceptors (Lipinski definition) is 4. The SMILES string of the molecule is COc1cccc(NC=CC(=O)c2cccs2)c1. The topological polar surface area (TPSA) is 38.3 Å². The molecule has 92 valence electrons. The fourth-order valence-electron chi connectivity index (χ4n) is 1.43. The van der Waals surface area contributed by atoms with Crippen LogP contribution in [0.3, 0.4) is 0 Å². The summed E-state index contributed by atoms with van der Waals surface area (Å²) in [6.07, 6.45) is 3.15. The molecule has 3 nitrogen and oxygen atoms in total. The van der Waals surface area contributed by atoms with Gasteiger partial charge in [-0.05, 0) is 23.6 Å². The van der Waals surface area contributed by atoms with Crippen LogP contribution in [0.2, 0.25) is 0 Å². The van der Waals surface area contributed by atoms with Crippen LogP contribution in [0, 0.1) is 0 Å². The Morgan fingerprint density at radius 3 is 2.94 bits per heavy atom. The molecule has 0 aliphatic rings. The quantitative estimate of drug-likeness (QED) is 0.659. The van der Waals surface area contributed by atoms with Gasteiger partial charge in [0.25, 0.3) is 0 Å². The number of ether oxygens (including phenoxy) is 1. The van der Waals surface area contributed by atoms with Crippen LogP contribution in [0.1, 0.15) is 9.67 Å². The summed E-state index contributed by atoms with van der Waals surface area (Å²) in [7, 11) is 1.62. The first-order chi connectivity index (χ1) is 8.79. The van der Waals surface area contributed by atoms with Crippen molar-refractivity contribution in [2.24, 2.45) is 0 Å². The molecule has 0 spiro atoms. The number of carbonyl (C=O) groups is 1. The Balaban J connectivity index is 1.96. The van der Waals surface area contributed by atoms with Gasteiger partial charge < -0.3 is 10.1 Å². The molecular formula is C14H13NO2S. The predicted molar refractivity (Wildman–Crippen MR) is 74.4 cm³/mol. The molecule has 0 radical (unpaired) electrons. The van der Waals surface area contributed by atoms with E-state index in [2.05, 4.69) is 5.32 Å². The molecule has 1 aromatic heterocycles. The minimum Gasteiger partial charge on any atom is -0.497 e. The Hall–Kier alpha value is -2.07. The predicted octanol–water partition coefficient (Wildman–Crippen LogP) is 3.57. The third-order valence-corrected chi connectivity index (χ3v) is 3.20. The summed E-state index contributed by atoms with van der Waals surface area (Å²) in [6.45, 7) is 0. The average molecular weight is 259 g/mol. The molecule has 0 saturated carbocycles. The lowest BCUT2D eigenvalue weighted by Gasteiger charge is -2.03. The Labute approximate surface area is 110 Å². The molecule has 0 aliphatic heterocycles. The van der Waals surface area contributed by atoms with Crippen LogP contribution < -0.4 is 10.1 Å². The molecule has 0 amide bonds. The number of benzene rings is 1. The molecule has 0 atom stereocenters. The van der Waals surface area contributed by atoms with Crippen molar-refractivity contribution < 1.29 is 9.53 Å². The van der Waals surface area contributed by atoms with E-state index in [-0.39, 0.29) is 5.78 Å². The van der Waals surface area contributed by atoms with E-state index < -0.39 is 0 Å². The summed E-state index contributed by atoms with van der Waals surface area (Å²) >= 11 is 1.43. The van der Waals surface area contributed by atoms with Gasteiger partial charge >= 0.3 is 0 Å². The second kappa shape index (κ2) is 6.02. The normalized spacial score (nSPS) is 10.5. The molecule has 2 aromatic rings. The van der Waals surface area contributed by atoms with Crippen molar-refractivity contribution in [3.8, 4) is 5.75 Å². The first kappa shape index (κ1) is 12.4. The largest absolute Gasteiger partial charge is 0.497 e. The zero-order valence-electron chi connectivity index (χ0n) is 9.92. The maximum atomic E-state index is 11.7. The lowest BCUT2D eigenvalue weighted by atomic mass is 10.3. The fraction of sp³-hybridized carbons (Fsp3) is 0.0714. The van der Waals surface area contributed by atoms with Crippen LogP contribution in [0.15, 0.2) is 54.1 Å². The van der Waals surface area contributed by atoms with E-state index >= 15 is 0 Å². The lowest BCUT2D eigenvalue weighted by Crippen LogP contribution is -1.93. The number of hydrogen-bond donors (Lipinski definition) is 1. The van der Waals surface area contributed by atoms with E-state index in [0.29, 0.717) is 0 Å². The second-order valence-electron chi connectivity index (χ2n) is 3.55. The maximum absolute atomic E-state index is 11.7. The van der Waals surface area contributed by atoms with Gasteiger partial charge in [-0.25, -0.2) is 0 Å². The highest BCUT2D eigenvalue weighted by Gasteiger charge is 2.01. The number of rotatable bonds is 5. The van der Waals surface area contributed by atoms with E-state index in [1.54, 1.807) is 13.3 Å². The van der Waals surface area contributed by atoms with Crippen LogP contribution in [-0.2, 0) is 0 Å². The first-order valence-corrected chi connectivity index (χ1v) is 6.32. The molecule has 4 heteroatoms. The number of ketones is 1. The number of allylic oxidation sites excluding steroid dienone is 1. The van der Waals surface area contributed by atoms with Gasteiger partial charge in [0.1, 0.15) is 5.75 Å². The van der Waals surface area contributed by atoms with Crippen LogP contribution in [0.25, 0.3) is 0 Å². The van der Waals surface area contributed by atoms with Crippen molar-refractivity contribution in [2.45, 2.75) is 0 Å². The van der Waals surface area contributed by atoms with Crippen molar-refractivity contribution in [3.05, 3.63) is 58.9 Å². The van der Waals surface area contributed by atoms with Gasteiger partial charge in [-0.15, -0.1) is 11.3 Å². The molecule has 2 rings (SSSR count). The van der Waals surface area contributed by atoms with E-state index in [1.165, 1.54) is 17.4 Å². The number of anilines is 1. The molecule has 0 aliphatic carbocycles. The monoisotopic (exact) mass is 259 g/mol. The summed E-state index contributed by atoms with van der Waals surface area (Å²) in [5, 5.41) is 4.92. The highest BCUT2D eigenvalue weighted by molar-refractivity contribution is 7.12. The molecule has 1 heterocycles. The van der Waals surface area contributed by atoms with Crippen molar-refractivity contribution in [2.75, 3.05) is 12.4 Å². The third kappa shape index (κ3) is 3.21. The number of thiophene rings is 1. The molecule has 1 aromatic carbocycles. The maximum Gasteiger partial charge on any atom is 0.197 e. The molecule has 0 bridgehead atoms. The van der Waals surface area contributed by atoms with Gasteiger partial charge in [0.2, 0.25) is 0 Å². The molecule has 18 heavy (non-hydrogen) atoms. The minimum absolute atomic E-state index is 0.000367. The zero-order chi connectivity index (χ0) is 12.8. The Morgan fingerprint density at radius 2 is 2.22 bits per heavy atom. The van der Waals surface area contributed by atoms with Gasteiger partial charge in [-0.3, -0.25) is 4.79 Å². The Kier molecular flexibility index (Phi) is 4.15. The van der Waals surface area contributed by atoms with Crippen molar-refractivity contribution in [3.63, 3.8) is 0 Å². The van der Waals surface area contributed by atoms with E-state index in [0.717, 1.165) is 16.3 Å². The van der Waals surface area contributed by atoms with E-state index in [1.807, 2.05) is 41.8 Å². The summed E-state index contributed by atoms with van der Waals surface area (Å²) in [4.78, 5) is 12.4. The summed E-state index contributed by atoms with van der Waals surface area (Å²) in [5.74, 6) is 0.776. The zero-order valence-corrected chi connectivity index (χ0v) is 10.7. The van der Waals surface area contributed by atoms with Crippen molar-refractivity contribution in [1.82, 2.24) is 0 Å². The Morgan fingerprint density at radius 1 is 1.33 bits per heavy atom. The molecular weight excluding hydrogens is 246 g/mol. The van der Waals surface area contributed by atoms with Gasteiger partial charge in [-0.1, -0.05) is 12.1 Å². The van der Waals surface area contributed by atoms with Crippen LogP contribution in [-0.4, -0.2) is 12.9 Å². The van der Waals surface area contributed by atoms with E-state index in [9.17, 15) is 4.79 Å². The molecule has 1 N–H and O–H groups in total. The highest BCUT2D eigenvalue weighted by atomic mass is 32.1. The smallest absolute Gasteiger partial charge is 0.197 e. The van der Waals surface area contributed by atoms with Gasteiger partial charge in [-0.2, -0.15) is 0 Å². The van der Waals surface area contributed by atoms with Gasteiger partial charge in [0.15, 0.2) is 5.78 Å². The van der Waals surface area contributed by atoms with E-state index in [4.69, 9.17) is 4.74 Å². The second-order valence-corrected chi connectivity index (χ2v) is 4.50. The van der Waals surface area contributed by atoms with Crippen LogP contribution >= 0.6 is 11.3 Å². The van der Waals surface area contributed by atoms with Crippen LogP contribution in [0.4, 0.5) is 5.69 Å². The number of nitrogens with one attached hydrogen (secondary N) is 1. The van der Waals surface area contributed by atoms with Crippen molar-refractivity contribution >= 4 is 22.8 Å². The average Bonchev–Trinajstić information content (AvgIpc) is 2.93. The Bertz CT molecular complexity index is 547. The summed E-state index contributed by atoms with van der Waals surface area (Å²) in [6, 6.07) is 11.2. The summed E-state index contributed by atoms with van der Waals surface area (Å²) < 4.78 is 5.11. The standard InChI is InChI=1S/C14H13NO2S/c1-17-12-5-2-4-11(10-12)15-8-7-13(16)14-6-3-9-18-14/h2-10,15H,1H3. The summed E-state index contributed by atoms with van der Waals surface area (Å²) in [5.41, 5.74) is 0.879. The number of carbonyl (C=O) groups excluding carboxylic acids is 1. The highest BCUT2D eigenvalue weighted by Crippen LogP contribution is 2.16. The molecule has 0 unspecified atom stereocenters. The van der Waals surface area contributed by atoms with Crippen LogP contribution in [0.5, 0.6) is 5.75 Å². The minimum atomic E-state index is 0.000367. The molecule has 0 saturated heterocycles. The van der Waals surface area contributed by atoms with Gasteiger partial charge in [0, 0.05) is 24.0 Å². The fourth-order valence-corrected chi connectivity index (χ4v) is 2.07. The lowest BCUT2D eigenvalue weighted by molar-refractivity contribution is 0.105. The number of methoxy groups -OCH3 is 1. The third-order valence-electron chi connectivity index (χ3n) is 2.32. The van der Waals surface area contributed by atoms with Crippen molar-refractivity contribution in [1.29, 1.82) is 0 Å². The first-order valence-electron chi connectivity index (χ1n) is 5.44. The van der Waals surface area contributed by atoms with Gasteiger partial charge in [0.05, 0.1) is 12.0 Å².